The fraction of sp³-hybridized carbons (Fsp3) is 0.733. The maximum atomic E-state index is 12.8. The third-order valence-corrected chi connectivity index (χ3v) is 5.22. The van der Waals surface area contributed by atoms with E-state index in [-0.39, 0.29) is 5.91 Å². The summed E-state index contributed by atoms with van der Waals surface area (Å²) in [6.45, 7) is 6.78. The van der Waals surface area contributed by atoms with Crippen LogP contribution < -0.4 is 5.32 Å². The van der Waals surface area contributed by atoms with Crippen LogP contribution in [0.2, 0.25) is 0 Å². The van der Waals surface area contributed by atoms with Crippen LogP contribution in [0.3, 0.4) is 0 Å². The molecule has 1 atom stereocenters. The van der Waals surface area contributed by atoms with Crippen molar-refractivity contribution in [2.45, 2.75) is 45.6 Å². The standard InChI is InChI=1S/C15H23N3OS/c1-10-14(20-11(2)17-10)15(19)18(8-12-5-6-12)9-13-4-3-7-16-13/h12-13,16H,3-9H2,1-2H3. The van der Waals surface area contributed by atoms with Gasteiger partial charge in [0.15, 0.2) is 0 Å². The van der Waals surface area contributed by atoms with Gasteiger partial charge in [0.1, 0.15) is 4.88 Å². The number of aryl methyl sites for hydroxylation is 2. The summed E-state index contributed by atoms with van der Waals surface area (Å²) in [5, 5.41) is 4.48. The van der Waals surface area contributed by atoms with Gasteiger partial charge in [0.2, 0.25) is 0 Å². The second-order valence-electron chi connectivity index (χ2n) is 6.09. The number of hydrogen-bond donors (Lipinski definition) is 1. The van der Waals surface area contributed by atoms with Gasteiger partial charge in [-0.2, -0.15) is 0 Å². The summed E-state index contributed by atoms with van der Waals surface area (Å²) in [6, 6.07) is 0.479. The molecule has 1 saturated carbocycles. The molecule has 1 saturated heterocycles. The van der Waals surface area contributed by atoms with Crippen LogP contribution >= 0.6 is 11.3 Å². The molecule has 1 amide bonds. The van der Waals surface area contributed by atoms with Gasteiger partial charge in [-0.05, 0) is 52.0 Å². The van der Waals surface area contributed by atoms with E-state index in [1.807, 2.05) is 13.8 Å². The van der Waals surface area contributed by atoms with Gasteiger partial charge in [-0.3, -0.25) is 4.79 Å². The topological polar surface area (TPSA) is 45.2 Å². The molecule has 110 valence electrons. The van der Waals surface area contributed by atoms with Crippen LogP contribution in [0.25, 0.3) is 0 Å². The Bertz CT molecular complexity index is 489. The summed E-state index contributed by atoms with van der Waals surface area (Å²) in [6.07, 6.45) is 4.98. The second kappa shape index (κ2) is 5.82. The SMILES string of the molecule is Cc1nc(C)c(C(=O)N(CC2CC2)CC2CCCN2)s1. The monoisotopic (exact) mass is 293 g/mol. The van der Waals surface area contributed by atoms with Crippen molar-refractivity contribution in [1.29, 1.82) is 0 Å². The summed E-state index contributed by atoms with van der Waals surface area (Å²) in [5.74, 6) is 0.920. The minimum atomic E-state index is 0.189. The van der Waals surface area contributed by atoms with Gasteiger partial charge in [0, 0.05) is 19.1 Å². The molecule has 1 N–H and O–H groups in total. The molecule has 1 aliphatic heterocycles. The lowest BCUT2D eigenvalue weighted by Crippen LogP contribution is -2.42. The van der Waals surface area contributed by atoms with Crippen LogP contribution in [-0.4, -0.2) is 41.5 Å². The summed E-state index contributed by atoms with van der Waals surface area (Å²) in [4.78, 5) is 20.1. The van der Waals surface area contributed by atoms with Crippen LogP contribution in [-0.2, 0) is 0 Å². The molecule has 0 bridgehead atoms. The lowest BCUT2D eigenvalue weighted by atomic mass is 10.2. The van der Waals surface area contributed by atoms with E-state index in [0.717, 1.165) is 41.1 Å². The average molecular weight is 293 g/mol. The number of rotatable bonds is 5. The van der Waals surface area contributed by atoms with E-state index in [1.165, 1.54) is 37.0 Å². The van der Waals surface area contributed by atoms with Crippen molar-refractivity contribution in [3.63, 3.8) is 0 Å². The Morgan fingerprint density at radius 3 is 2.70 bits per heavy atom. The fourth-order valence-electron chi connectivity index (χ4n) is 2.90. The zero-order chi connectivity index (χ0) is 14.1. The molecule has 20 heavy (non-hydrogen) atoms. The van der Waals surface area contributed by atoms with Crippen molar-refractivity contribution in [2.24, 2.45) is 5.92 Å². The van der Waals surface area contributed by atoms with Crippen molar-refractivity contribution in [3.05, 3.63) is 15.6 Å². The molecule has 2 aliphatic rings. The van der Waals surface area contributed by atoms with E-state index < -0.39 is 0 Å². The minimum absolute atomic E-state index is 0.189. The maximum absolute atomic E-state index is 12.8. The van der Waals surface area contributed by atoms with Gasteiger partial charge in [-0.25, -0.2) is 4.98 Å². The normalized spacial score (nSPS) is 22.2. The first-order valence-corrected chi connectivity index (χ1v) is 8.42. The molecule has 0 spiro atoms. The molecule has 0 radical (unpaired) electrons. The Kier molecular flexibility index (Phi) is 4.08. The lowest BCUT2D eigenvalue weighted by Gasteiger charge is -2.25. The van der Waals surface area contributed by atoms with Gasteiger partial charge in [0.05, 0.1) is 10.7 Å². The second-order valence-corrected chi connectivity index (χ2v) is 7.30. The van der Waals surface area contributed by atoms with Crippen molar-refractivity contribution in [2.75, 3.05) is 19.6 Å². The van der Waals surface area contributed by atoms with Crippen LogP contribution in [0.1, 0.15) is 46.1 Å². The quantitative estimate of drug-likeness (QED) is 0.906. The van der Waals surface area contributed by atoms with E-state index in [2.05, 4.69) is 15.2 Å². The molecule has 1 aliphatic carbocycles. The number of thiazole rings is 1. The van der Waals surface area contributed by atoms with E-state index in [9.17, 15) is 4.79 Å². The van der Waals surface area contributed by atoms with Crippen molar-refractivity contribution in [1.82, 2.24) is 15.2 Å². The van der Waals surface area contributed by atoms with Gasteiger partial charge in [-0.15, -0.1) is 11.3 Å². The molecule has 4 nitrogen and oxygen atoms in total. The van der Waals surface area contributed by atoms with Gasteiger partial charge >= 0.3 is 0 Å². The van der Waals surface area contributed by atoms with Crippen molar-refractivity contribution in [3.8, 4) is 0 Å². The summed E-state index contributed by atoms with van der Waals surface area (Å²) < 4.78 is 0. The van der Waals surface area contributed by atoms with Gasteiger partial charge in [-0.1, -0.05) is 0 Å². The zero-order valence-corrected chi connectivity index (χ0v) is 13.1. The van der Waals surface area contributed by atoms with E-state index in [4.69, 9.17) is 0 Å². The molecule has 2 heterocycles. The molecule has 2 fully saturated rings. The van der Waals surface area contributed by atoms with E-state index >= 15 is 0 Å². The highest BCUT2D eigenvalue weighted by Gasteiger charge is 2.30. The van der Waals surface area contributed by atoms with Crippen LogP contribution in [0.4, 0.5) is 0 Å². The Balaban J connectivity index is 1.72. The third-order valence-electron chi connectivity index (χ3n) is 4.16. The number of hydrogen-bond acceptors (Lipinski definition) is 4. The lowest BCUT2D eigenvalue weighted by molar-refractivity contribution is 0.0737. The molecule has 1 aromatic rings. The number of aromatic nitrogens is 1. The largest absolute Gasteiger partial charge is 0.336 e. The number of carbonyl (C=O) groups excluding carboxylic acids is 1. The predicted molar refractivity (Wildman–Crippen MR) is 81.2 cm³/mol. The highest BCUT2D eigenvalue weighted by molar-refractivity contribution is 7.13. The highest BCUT2D eigenvalue weighted by Crippen LogP contribution is 2.31. The Morgan fingerprint density at radius 1 is 1.35 bits per heavy atom. The van der Waals surface area contributed by atoms with Crippen LogP contribution in [0.5, 0.6) is 0 Å². The summed E-state index contributed by atoms with van der Waals surface area (Å²) in [7, 11) is 0. The Labute approximate surface area is 124 Å². The molecule has 0 aromatic carbocycles. The van der Waals surface area contributed by atoms with Gasteiger partial charge < -0.3 is 10.2 Å². The molecule has 1 unspecified atom stereocenters. The number of carbonyl (C=O) groups is 1. The van der Waals surface area contributed by atoms with Crippen molar-refractivity contribution < 1.29 is 4.79 Å². The first-order chi connectivity index (χ1) is 9.63. The molecule has 3 rings (SSSR count). The molecule has 5 heteroatoms. The first kappa shape index (κ1) is 14.0. The zero-order valence-electron chi connectivity index (χ0n) is 12.3. The summed E-state index contributed by atoms with van der Waals surface area (Å²) in [5.41, 5.74) is 0.887. The maximum Gasteiger partial charge on any atom is 0.265 e. The number of nitrogens with zero attached hydrogens (tertiary/aromatic N) is 2. The molecular weight excluding hydrogens is 270 g/mol. The highest BCUT2D eigenvalue weighted by atomic mass is 32.1. The Hall–Kier alpha value is -0.940. The third kappa shape index (κ3) is 3.20. The fourth-order valence-corrected chi connectivity index (χ4v) is 3.79. The molecular formula is C15H23N3OS. The number of nitrogens with one attached hydrogen (secondary N) is 1. The Morgan fingerprint density at radius 2 is 2.15 bits per heavy atom. The summed E-state index contributed by atoms with van der Waals surface area (Å²) >= 11 is 1.53. The van der Waals surface area contributed by atoms with Crippen LogP contribution in [0, 0.1) is 19.8 Å². The average Bonchev–Trinajstić information content (AvgIpc) is 2.94. The van der Waals surface area contributed by atoms with Crippen molar-refractivity contribution >= 4 is 17.2 Å². The minimum Gasteiger partial charge on any atom is -0.336 e. The smallest absolute Gasteiger partial charge is 0.265 e. The van der Waals surface area contributed by atoms with Crippen LogP contribution in [0.15, 0.2) is 0 Å². The number of amides is 1. The molecule has 1 aromatic heterocycles. The van der Waals surface area contributed by atoms with E-state index in [0.29, 0.717) is 6.04 Å². The first-order valence-electron chi connectivity index (χ1n) is 7.60. The van der Waals surface area contributed by atoms with E-state index in [1.54, 1.807) is 0 Å². The predicted octanol–water partition coefficient (Wildman–Crippen LogP) is 2.36. The van der Waals surface area contributed by atoms with Gasteiger partial charge in [0.25, 0.3) is 5.91 Å².